The molecule has 0 fully saturated rings. The Morgan fingerprint density at radius 3 is 2.50 bits per heavy atom. The summed E-state index contributed by atoms with van der Waals surface area (Å²) >= 11 is 0. The van der Waals surface area contributed by atoms with Gasteiger partial charge >= 0.3 is 0 Å². The molecule has 4 heteroatoms. The van der Waals surface area contributed by atoms with Crippen molar-refractivity contribution in [2.45, 2.75) is 13.8 Å². The second-order valence-electron chi connectivity index (χ2n) is 4.67. The zero-order chi connectivity index (χ0) is 12.4. The zero-order valence-corrected chi connectivity index (χ0v) is 12.7. The summed E-state index contributed by atoms with van der Waals surface area (Å²) in [6.45, 7) is 5.33. The molecule has 0 unspecified atom stereocenters. The third-order valence-corrected chi connectivity index (χ3v) is 3.11. The Labute approximate surface area is 119 Å². The van der Waals surface area contributed by atoms with E-state index in [-0.39, 0.29) is 22.8 Å². The molecule has 0 N–H and O–H groups in total. The quantitative estimate of drug-likeness (QED) is 0.802. The molecular weight excluding hydrogens is 292 g/mol. The number of nitrogens with zero attached hydrogens (tertiary/aromatic N) is 2. The van der Waals surface area contributed by atoms with E-state index >= 15 is 0 Å². The Kier molecular flexibility index (Phi) is 4.96. The number of carbonyl (C=O) groups is 1. The number of benzene rings is 1. The second kappa shape index (κ2) is 6.05. The van der Waals surface area contributed by atoms with Crippen LogP contribution in [0.1, 0.15) is 21.5 Å². The van der Waals surface area contributed by atoms with Gasteiger partial charge < -0.3 is 9.80 Å². The highest BCUT2D eigenvalue weighted by Gasteiger charge is 2.14. The van der Waals surface area contributed by atoms with E-state index in [1.807, 2.05) is 54.4 Å². The topological polar surface area (TPSA) is 23.6 Å². The molecule has 0 bridgehead atoms. The minimum absolute atomic E-state index is 0. The third-order valence-electron chi connectivity index (χ3n) is 3.11. The van der Waals surface area contributed by atoms with E-state index in [0.29, 0.717) is 6.54 Å². The van der Waals surface area contributed by atoms with Gasteiger partial charge in [-0.25, -0.2) is 0 Å². The summed E-state index contributed by atoms with van der Waals surface area (Å²) in [5.74, 6) is 0.174. The summed E-state index contributed by atoms with van der Waals surface area (Å²) in [4.78, 5) is 16.1. The molecule has 1 heterocycles. The second-order valence-corrected chi connectivity index (χ2v) is 4.67. The van der Waals surface area contributed by atoms with Gasteiger partial charge in [-0.1, -0.05) is 12.1 Å². The van der Waals surface area contributed by atoms with Crippen LogP contribution in [0, 0.1) is 13.8 Å². The van der Waals surface area contributed by atoms with Crippen molar-refractivity contribution in [3.05, 3.63) is 47.3 Å². The van der Waals surface area contributed by atoms with E-state index in [1.54, 1.807) is 0 Å². The number of hydrogen-bond donors (Lipinski definition) is 0. The van der Waals surface area contributed by atoms with E-state index in [2.05, 4.69) is 6.92 Å². The van der Waals surface area contributed by atoms with Gasteiger partial charge in [-0.15, -0.1) is 17.0 Å². The highest BCUT2D eigenvalue weighted by atomic mass is 79.9. The summed E-state index contributed by atoms with van der Waals surface area (Å²) in [5.41, 5.74) is 3.20. The summed E-state index contributed by atoms with van der Waals surface area (Å²) < 4.78 is 0. The lowest BCUT2D eigenvalue weighted by molar-refractivity contribution is 0.0948. The molecular formula is C14H19BrN2O. The fourth-order valence-corrected chi connectivity index (χ4v) is 1.88. The lowest BCUT2D eigenvalue weighted by Gasteiger charge is -2.17. The van der Waals surface area contributed by atoms with Gasteiger partial charge in [0, 0.05) is 25.0 Å². The Morgan fingerprint density at radius 2 is 1.94 bits per heavy atom. The van der Waals surface area contributed by atoms with Gasteiger partial charge in [0.05, 0.1) is 13.2 Å². The van der Waals surface area contributed by atoms with Crippen LogP contribution in [-0.2, 0) is 0 Å². The van der Waals surface area contributed by atoms with Crippen molar-refractivity contribution in [1.29, 1.82) is 0 Å². The van der Waals surface area contributed by atoms with Gasteiger partial charge in [-0.05, 0) is 31.0 Å². The van der Waals surface area contributed by atoms with Crippen LogP contribution in [0.5, 0.6) is 0 Å². The van der Waals surface area contributed by atoms with Crippen LogP contribution in [0.3, 0.4) is 0 Å². The number of ketones is 1. The molecule has 0 aromatic heterocycles. The highest BCUT2D eigenvalue weighted by Crippen LogP contribution is 2.12. The van der Waals surface area contributed by atoms with Crippen molar-refractivity contribution in [2.24, 2.45) is 0 Å². The molecule has 1 aliphatic heterocycles. The number of aryl methyl sites for hydroxylation is 2. The SMILES string of the molecule is Br.Cc1ccc(C(=O)CN2C=CN(C)C2)cc1C. The summed E-state index contributed by atoms with van der Waals surface area (Å²) in [6, 6.07) is 5.89. The van der Waals surface area contributed by atoms with Crippen LogP contribution in [0.25, 0.3) is 0 Å². The minimum Gasteiger partial charge on any atom is -0.362 e. The molecule has 98 valence electrons. The van der Waals surface area contributed by atoms with Crippen LogP contribution in [0.4, 0.5) is 0 Å². The lowest BCUT2D eigenvalue weighted by atomic mass is 10.0. The van der Waals surface area contributed by atoms with Crippen molar-refractivity contribution in [3.63, 3.8) is 0 Å². The average molecular weight is 311 g/mol. The third kappa shape index (κ3) is 3.35. The van der Waals surface area contributed by atoms with E-state index in [1.165, 1.54) is 11.1 Å². The van der Waals surface area contributed by atoms with Crippen LogP contribution >= 0.6 is 17.0 Å². The van der Waals surface area contributed by atoms with Crippen molar-refractivity contribution < 1.29 is 4.79 Å². The van der Waals surface area contributed by atoms with E-state index in [9.17, 15) is 4.79 Å². The molecule has 3 nitrogen and oxygen atoms in total. The highest BCUT2D eigenvalue weighted by molar-refractivity contribution is 8.93. The molecule has 1 aromatic rings. The Hall–Kier alpha value is -1.29. The first-order valence-corrected chi connectivity index (χ1v) is 5.79. The predicted octanol–water partition coefficient (Wildman–Crippen LogP) is 2.74. The maximum Gasteiger partial charge on any atom is 0.182 e. The molecule has 1 aromatic carbocycles. The number of rotatable bonds is 3. The first-order chi connectivity index (χ1) is 8.06. The maximum atomic E-state index is 12.1. The molecule has 0 amide bonds. The van der Waals surface area contributed by atoms with Gasteiger partial charge in [0.2, 0.25) is 0 Å². The monoisotopic (exact) mass is 310 g/mol. The van der Waals surface area contributed by atoms with E-state index < -0.39 is 0 Å². The molecule has 0 atom stereocenters. The molecule has 0 radical (unpaired) electrons. The molecule has 1 aliphatic rings. The molecule has 0 saturated heterocycles. The maximum absolute atomic E-state index is 12.1. The molecule has 0 aliphatic carbocycles. The predicted molar refractivity (Wildman–Crippen MR) is 79.0 cm³/mol. The number of Topliss-reactive ketones (excluding diaryl/α,β-unsaturated/α-hetero) is 1. The van der Waals surface area contributed by atoms with Crippen LogP contribution < -0.4 is 0 Å². The first kappa shape index (κ1) is 14.8. The molecule has 0 saturated carbocycles. The lowest BCUT2D eigenvalue weighted by Crippen LogP contribution is -2.28. The Morgan fingerprint density at radius 1 is 1.22 bits per heavy atom. The van der Waals surface area contributed by atoms with Crippen molar-refractivity contribution >= 4 is 22.8 Å². The fraction of sp³-hybridized carbons (Fsp3) is 0.357. The van der Waals surface area contributed by atoms with Crippen molar-refractivity contribution in [3.8, 4) is 0 Å². The Balaban J connectivity index is 0.00000162. The minimum atomic E-state index is 0. The summed E-state index contributed by atoms with van der Waals surface area (Å²) in [5, 5.41) is 0. The molecule has 18 heavy (non-hydrogen) atoms. The van der Waals surface area contributed by atoms with Gasteiger partial charge in [0.1, 0.15) is 0 Å². The van der Waals surface area contributed by atoms with Crippen LogP contribution in [0.2, 0.25) is 0 Å². The van der Waals surface area contributed by atoms with Gasteiger partial charge in [-0.3, -0.25) is 4.79 Å². The van der Waals surface area contributed by atoms with Crippen LogP contribution in [-0.4, -0.2) is 35.8 Å². The average Bonchev–Trinajstić information content (AvgIpc) is 2.68. The molecule has 2 rings (SSSR count). The van der Waals surface area contributed by atoms with Crippen molar-refractivity contribution in [1.82, 2.24) is 9.80 Å². The normalized spacial score (nSPS) is 13.7. The smallest absolute Gasteiger partial charge is 0.182 e. The standard InChI is InChI=1S/C14H18N2O.BrH/c1-11-4-5-13(8-12(11)2)14(17)9-16-7-6-15(3)10-16;/h4-8H,9-10H2,1-3H3;1H. The van der Waals surface area contributed by atoms with E-state index in [0.717, 1.165) is 12.2 Å². The largest absolute Gasteiger partial charge is 0.362 e. The number of halogens is 1. The zero-order valence-electron chi connectivity index (χ0n) is 11.0. The molecule has 0 spiro atoms. The van der Waals surface area contributed by atoms with Gasteiger partial charge in [-0.2, -0.15) is 0 Å². The van der Waals surface area contributed by atoms with Gasteiger partial charge in [0.15, 0.2) is 5.78 Å². The summed E-state index contributed by atoms with van der Waals surface area (Å²) in [7, 11) is 2.00. The van der Waals surface area contributed by atoms with E-state index in [4.69, 9.17) is 0 Å². The number of carbonyl (C=O) groups excluding carboxylic acids is 1. The fourth-order valence-electron chi connectivity index (χ4n) is 1.88. The van der Waals surface area contributed by atoms with Crippen molar-refractivity contribution in [2.75, 3.05) is 20.3 Å². The Bertz CT molecular complexity index is 471. The number of hydrogen-bond acceptors (Lipinski definition) is 3. The summed E-state index contributed by atoms with van der Waals surface area (Å²) in [6.07, 6.45) is 3.94. The van der Waals surface area contributed by atoms with Crippen LogP contribution in [0.15, 0.2) is 30.6 Å². The first-order valence-electron chi connectivity index (χ1n) is 5.79. The van der Waals surface area contributed by atoms with Gasteiger partial charge in [0.25, 0.3) is 0 Å².